The van der Waals surface area contributed by atoms with Crippen LogP contribution in [0.2, 0.25) is 0 Å². The van der Waals surface area contributed by atoms with Gasteiger partial charge in [-0.2, -0.15) is 0 Å². The monoisotopic (exact) mass is 515 g/mol. The number of aliphatic hydroxyl groups is 1. The van der Waals surface area contributed by atoms with E-state index in [1.54, 1.807) is 0 Å². The van der Waals surface area contributed by atoms with Crippen molar-refractivity contribution < 1.29 is 14.2 Å². The molecule has 3 aromatic carbocycles. The smallest absolute Gasteiger partial charge is 0.123 e. The first-order valence-electron chi connectivity index (χ1n) is 13.2. The molecule has 6 heteroatoms. The Hall–Kier alpha value is -3.77. The van der Waals surface area contributed by atoms with Gasteiger partial charge in [-0.05, 0) is 84.8 Å². The van der Waals surface area contributed by atoms with Crippen LogP contribution in [0.25, 0.3) is 6.08 Å². The van der Waals surface area contributed by atoms with E-state index >= 15 is 0 Å². The van der Waals surface area contributed by atoms with Gasteiger partial charge in [0.25, 0.3) is 0 Å². The summed E-state index contributed by atoms with van der Waals surface area (Å²) in [5.74, 6) is 0.629. The van der Waals surface area contributed by atoms with Crippen LogP contribution in [0, 0.1) is 26.6 Å². The molecular formula is C32H38FN3O2. The minimum absolute atomic E-state index is 0.208. The first-order valence-corrected chi connectivity index (χ1v) is 13.2. The number of benzene rings is 3. The predicted molar refractivity (Wildman–Crippen MR) is 153 cm³/mol. The molecule has 0 bridgehead atoms. The topological polar surface area (TPSA) is 62.0 Å². The number of aryl methyl sites for hydroxylation is 1. The summed E-state index contributed by atoms with van der Waals surface area (Å²) in [6.07, 6.45) is 9.12. The number of halogens is 1. The summed E-state index contributed by atoms with van der Waals surface area (Å²) in [5, 5.41) is 10.5. The number of hydrogen-bond donors (Lipinski definition) is 2. The van der Waals surface area contributed by atoms with Gasteiger partial charge in [0.05, 0.1) is 12.7 Å². The zero-order chi connectivity index (χ0) is 27.1. The first-order chi connectivity index (χ1) is 18.3. The average molecular weight is 516 g/mol. The van der Waals surface area contributed by atoms with E-state index < -0.39 is 6.10 Å². The van der Waals surface area contributed by atoms with E-state index in [2.05, 4.69) is 46.3 Å². The van der Waals surface area contributed by atoms with Crippen LogP contribution in [0.15, 0.2) is 73.2 Å². The van der Waals surface area contributed by atoms with Crippen LogP contribution in [0.4, 0.5) is 10.1 Å². The molecule has 1 unspecified atom stereocenters. The molecule has 4 rings (SSSR count). The standard InChI is InChI=1S/C32H38FN3O2/c1-23-20-31(24(2)25(3)32(23)34)38-19-13-30(37)22-36-17-15-35(16-18-36)14-12-26-4-6-27(7-5-26)21-28-8-10-29(33)11-9-28/h4-12,14-15,17,20,30,37H,13,16,18-19,21-22,34H2,1-3H3/b14-12+. The van der Waals surface area contributed by atoms with Crippen molar-refractivity contribution in [2.75, 3.05) is 32.0 Å². The molecule has 1 heterocycles. The number of ether oxygens (including phenoxy) is 1. The number of β-amino-alcohol motifs (C(OH)–C–C–N with tert-alkyl or cyclic N) is 1. The Balaban J connectivity index is 1.20. The summed E-state index contributed by atoms with van der Waals surface area (Å²) in [6, 6.07) is 17.0. The molecule has 3 N–H and O–H groups in total. The highest BCUT2D eigenvalue weighted by Gasteiger charge is 2.14. The lowest BCUT2D eigenvalue weighted by atomic mass is 10.0. The van der Waals surface area contributed by atoms with Gasteiger partial charge in [0.1, 0.15) is 11.6 Å². The minimum Gasteiger partial charge on any atom is -0.493 e. The van der Waals surface area contributed by atoms with Crippen LogP contribution >= 0.6 is 0 Å². The second kappa shape index (κ2) is 12.7. The van der Waals surface area contributed by atoms with Gasteiger partial charge >= 0.3 is 0 Å². The summed E-state index contributed by atoms with van der Waals surface area (Å²) in [7, 11) is 0. The third kappa shape index (κ3) is 7.39. The highest BCUT2D eigenvalue weighted by molar-refractivity contribution is 5.60. The number of hydrogen-bond acceptors (Lipinski definition) is 5. The van der Waals surface area contributed by atoms with Crippen LogP contribution in [0.1, 0.15) is 39.8 Å². The zero-order valence-corrected chi connectivity index (χ0v) is 22.5. The van der Waals surface area contributed by atoms with E-state index in [1.807, 2.05) is 51.4 Å². The Morgan fingerprint density at radius 3 is 2.32 bits per heavy atom. The van der Waals surface area contributed by atoms with Crippen LogP contribution in [-0.4, -0.2) is 47.3 Å². The third-order valence-corrected chi connectivity index (χ3v) is 7.14. The maximum atomic E-state index is 13.1. The summed E-state index contributed by atoms with van der Waals surface area (Å²) in [5.41, 5.74) is 13.4. The van der Waals surface area contributed by atoms with Crippen molar-refractivity contribution in [2.24, 2.45) is 0 Å². The first kappa shape index (κ1) is 27.3. The molecule has 5 nitrogen and oxygen atoms in total. The van der Waals surface area contributed by atoms with Crippen LogP contribution in [0.5, 0.6) is 5.75 Å². The molecule has 1 aliphatic heterocycles. The SMILES string of the molecule is Cc1cc(OCCC(O)CN2C=CN(/C=C/c3ccc(Cc4ccc(F)cc4)cc3)CC2)c(C)c(C)c1N. The lowest BCUT2D eigenvalue weighted by Crippen LogP contribution is -2.37. The van der Waals surface area contributed by atoms with Crippen molar-refractivity contribution in [3.8, 4) is 5.75 Å². The molecule has 0 aromatic heterocycles. The molecule has 0 spiro atoms. The van der Waals surface area contributed by atoms with E-state index in [0.29, 0.717) is 19.6 Å². The van der Waals surface area contributed by atoms with Gasteiger partial charge in [0.2, 0.25) is 0 Å². The second-order valence-corrected chi connectivity index (χ2v) is 10.0. The van der Waals surface area contributed by atoms with E-state index in [0.717, 1.165) is 58.8 Å². The Bertz CT molecular complexity index is 1270. The summed E-state index contributed by atoms with van der Waals surface area (Å²) >= 11 is 0. The van der Waals surface area contributed by atoms with E-state index in [-0.39, 0.29) is 5.82 Å². The van der Waals surface area contributed by atoms with Crippen molar-refractivity contribution in [1.29, 1.82) is 0 Å². The fourth-order valence-corrected chi connectivity index (χ4v) is 4.50. The van der Waals surface area contributed by atoms with Gasteiger partial charge in [0, 0.05) is 50.3 Å². The number of anilines is 1. The van der Waals surface area contributed by atoms with Crippen LogP contribution in [0.3, 0.4) is 0 Å². The van der Waals surface area contributed by atoms with E-state index in [1.165, 1.54) is 17.7 Å². The number of nitrogen functional groups attached to an aromatic ring is 1. The van der Waals surface area contributed by atoms with Crippen molar-refractivity contribution in [3.05, 3.63) is 112 Å². The molecule has 0 aliphatic carbocycles. The molecule has 1 aliphatic rings. The minimum atomic E-state index is -0.466. The van der Waals surface area contributed by atoms with Gasteiger partial charge in [-0.1, -0.05) is 36.4 Å². The highest BCUT2D eigenvalue weighted by Crippen LogP contribution is 2.29. The van der Waals surface area contributed by atoms with E-state index in [9.17, 15) is 9.50 Å². The largest absolute Gasteiger partial charge is 0.493 e. The molecule has 38 heavy (non-hydrogen) atoms. The number of nitrogens with two attached hydrogens (primary N) is 1. The summed E-state index contributed by atoms with van der Waals surface area (Å²) < 4.78 is 19.1. The number of aliphatic hydroxyl groups excluding tert-OH is 1. The Labute approximate surface area is 225 Å². The van der Waals surface area contributed by atoms with Crippen LogP contribution < -0.4 is 10.5 Å². The lowest BCUT2D eigenvalue weighted by Gasteiger charge is -2.30. The van der Waals surface area contributed by atoms with Gasteiger partial charge in [0.15, 0.2) is 0 Å². The quantitative estimate of drug-likeness (QED) is 0.334. The maximum absolute atomic E-state index is 13.1. The number of rotatable bonds is 10. The molecule has 0 saturated carbocycles. The molecule has 0 saturated heterocycles. The van der Waals surface area contributed by atoms with E-state index in [4.69, 9.17) is 10.5 Å². The molecule has 1 atom stereocenters. The van der Waals surface area contributed by atoms with Crippen molar-refractivity contribution in [3.63, 3.8) is 0 Å². The van der Waals surface area contributed by atoms with Crippen molar-refractivity contribution >= 4 is 11.8 Å². The second-order valence-electron chi connectivity index (χ2n) is 10.0. The molecule has 0 fully saturated rings. The molecule has 0 amide bonds. The Kier molecular flexibility index (Phi) is 9.08. The van der Waals surface area contributed by atoms with Gasteiger partial charge in [-0.15, -0.1) is 0 Å². The lowest BCUT2D eigenvalue weighted by molar-refractivity contribution is 0.103. The fraction of sp³-hybridized carbons (Fsp3) is 0.312. The van der Waals surface area contributed by atoms with Gasteiger partial charge in [-0.3, -0.25) is 0 Å². The maximum Gasteiger partial charge on any atom is 0.123 e. The molecule has 200 valence electrons. The van der Waals surface area contributed by atoms with Gasteiger partial charge < -0.3 is 25.4 Å². The molecular weight excluding hydrogens is 477 g/mol. The molecule has 3 aromatic rings. The van der Waals surface area contributed by atoms with Crippen LogP contribution in [-0.2, 0) is 6.42 Å². The summed E-state index contributed by atoms with van der Waals surface area (Å²) in [6.45, 7) is 8.73. The van der Waals surface area contributed by atoms with Gasteiger partial charge in [-0.25, -0.2) is 4.39 Å². The van der Waals surface area contributed by atoms with Crippen molar-refractivity contribution in [2.45, 2.75) is 39.7 Å². The number of nitrogens with zero attached hydrogens (tertiary/aromatic N) is 2. The zero-order valence-electron chi connectivity index (χ0n) is 22.5. The Morgan fingerprint density at radius 1 is 0.974 bits per heavy atom. The fourth-order valence-electron chi connectivity index (χ4n) is 4.50. The highest BCUT2D eigenvalue weighted by atomic mass is 19.1. The predicted octanol–water partition coefficient (Wildman–Crippen LogP) is 5.81. The van der Waals surface area contributed by atoms with Crippen molar-refractivity contribution in [1.82, 2.24) is 9.80 Å². The molecule has 0 radical (unpaired) electrons. The summed E-state index contributed by atoms with van der Waals surface area (Å²) in [4.78, 5) is 4.29. The third-order valence-electron chi connectivity index (χ3n) is 7.14. The average Bonchev–Trinajstić information content (AvgIpc) is 2.92. The Morgan fingerprint density at radius 2 is 1.66 bits per heavy atom. The normalized spacial score (nSPS) is 14.3.